The second-order valence-electron chi connectivity index (χ2n) is 6.69. The Kier molecular flexibility index (Phi) is 5.59. The molecule has 4 nitrogen and oxygen atoms in total. The van der Waals surface area contributed by atoms with Gasteiger partial charge >= 0.3 is 0 Å². The number of nitrogens with zero attached hydrogens (tertiary/aromatic N) is 1. The number of thioether (sulfide) groups is 1. The number of hydrogen-bond acceptors (Lipinski definition) is 4. The Bertz CT molecular complexity index is 621. The topological polar surface area (TPSA) is 64.9 Å². The normalized spacial score (nSPS) is 20.1. The zero-order valence-corrected chi connectivity index (χ0v) is 15.1. The molecule has 2 rings (SSSR count). The summed E-state index contributed by atoms with van der Waals surface area (Å²) in [5.74, 6) is 1.05. The predicted octanol–water partition coefficient (Wildman–Crippen LogP) is 3.70. The molecule has 2 atom stereocenters. The van der Waals surface area contributed by atoms with Crippen molar-refractivity contribution in [3.8, 4) is 6.07 Å². The third-order valence-corrected chi connectivity index (χ3v) is 5.59. The molecule has 0 radical (unpaired) electrons. The highest BCUT2D eigenvalue weighted by atomic mass is 32.2. The first-order chi connectivity index (χ1) is 10.9. The number of nitriles is 1. The van der Waals surface area contributed by atoms with Gasteiger partial charge in [0.2, 0.25) is 5.91 Å². The van der Waals surface area contributed by atoms with Gasteiger partial charge in [-0.2, -0.15) is 17.0 Å². The van der Waals surface area contributed by atoms with Gasteiger partial charge in [0, 0.05) is 35.9 Å². The molecule has 23 heavy (non-hydrogen) atoms. The number of fused-ring (bicyclic) bond motifs is 1. The van der Waals surface area contributed by atoms with E-state index in [0.29, 0.717) is 17.4 Å². The summed E-state index contributed by atoms with van der Waals surface area (Å²) in [6.45, 7) is 8.73. The summed E-state index contributed by atoms with van der Waals surface area (Å²) in [5.41, 5.74) is 3.00. The number of nitrogens with one attached hydrogen (secondary N) is 2. The van der Waals surface area contributed by atoms with Gasteiger partial charge in [0.15, 0.2) is 0 Å². The molecule has 0 saturated heterocycles. The van der Waals surface area contributed by atoms with Gasteiger partial charge in [0.1, 0.15) is 0 Å². The maximum Gasteiger partial charge on any atom is 0.216 e. The van der Waals surface area contributed by atoms with Crippen LogP contribution in [0.3, 0.4) is 0 Å². The molecule has 0 fully saturated rings. The van der Waals surface area contributed by atoms with Crippen molar-refractivity contribution in [3.05, 3.63) is 29.3 Å². The van der Waals surface area contributed by atoms with Crippen molar-refractivity contribution in [3.63, 3.8) is 0 Å². The van der Waals surface area contributed by atoms with E-state index >= 15 is 0 Å². The molecule has 2 unspecified atom stereocenters. The minimum absolute atomic E-state index is 0.00688. The highest BCUT2D eigenvalue weighted by molar-refractivity contribution is 7.99. The van der Waals surface area contributed by atoms with Gasteiger partial charge in [0.05, 0.1) is 11.6 Å². The third kappa shape index (κ3) is 4.20. The van der Waals surface area contributed by atoms with Crippen LogP contribution in [0.4, 0.5) is 5.69 Å². The lowest BCUT2D eigenvalue weighted by molar-refractivity contribution is -0.119. The van der Waals surface area contributed by atoms with E-state index in [1.165, 1.54) is 5.56 Å². The van der Waals surface area contributed by atoms with Crippen LogP contribution in [0.2, 0.25) is 0 Å². The van der Waals surface area contributed by atoms with E-state index in [9.17, 15) is 4.79 Å². The van der Waals surface area contributed by atoms with Crippen LogP contribution in [0, 0.1) is 16.7 Å². The molecular weight excluding hydrogens is 306 g/mol. The zero-order valence-electron chi connectivity index (χ0n) is 14.3. The fraction of sp³-hybridized carbons (Fsp3) is 0.556. The number of carbonyl (C=O) groups excluding carboxylic acids is 1. The van der Waals surface area contributed by atoms with E-state index in [-0.39, 0.29) is 17.4 Å². The number of rotatable bonds is 5. The molecule has 1 aliphatic heterocycles. The van der Waals surface area contributed by atoms with Gasteiger partial charge in [-0.3, -0.25) is 4.79 Å². The second kappa shape index (κ2) is 7.27. The van der Waals surface area contributed by atoms with Crippen molar-refractivity contribution >= 4 is 23.4 Å². The van der Waals surface area contributed by atoms with Gasteiger partial charge in [-0.1, -0.05) is 20.8 Å². The van der Waals surface area contributed by atoms with Crippen LogP contribution >= 0.6 is 11.8 Å². The number of hydrogen-bond donors (Lipinski definition) is 2. The Labute approximate surface area is 143 Å². The van der Waals surface area contributed by atoms with Crippen molar-refractivity contribution in [2.75, 3.05) is 17.6 Å². The molecule has 0 bridgehead atoms. The summed E-state index contributed by atoms with van der Waals surface area (Å²) in [6, 6.07) is 8.39. The quantitative estimate of drug-likeness (QED) is 0.863. The van der Waals surface area contributed by atoms with Crippen LogP contribution in [-0.2, 0) is 4.79 Å². The third-order valence-electron chi connectivity index (χ3n) is 4.41. The van der Waals surface area contributed by atoms with E-state index in [1.54, 1.807) is 6.92 Å². The average Bonchev–Trinajstić information content (AvgIpc) is 2.52. The Hall–Kier alpha value is -1.67. The molecule has 0 saturated carbocycles. The molecular formula is C18H25N3OS. The average molecular weight is 331 g/mol. The zero-order chi connectivity index (χ0) is 17.0. The fourth-order valence-corrected chi connectivity index (χ4v) is 4.07. The largest absolute Gasteiger partial charge is 0.381 e. The van der Waals surface area contributed by atoms with Gasteiger partial charge in [-0.25, -0.2) is 0 Å². The van der Waals surface area contributed by atoms with E-state index in [1.807, 2.05) is 30.0 Å². The first kappa shape index (κ1) is 17.7. The van der Waals surface area contributed by atoms with E-state index in [2.05, 4.69) is 37.5 Å². The molecule has 5 heteroatoms. The van der Waals surface area contributed by atoms with Gasteiger partial charge in [-0.15, -0.1) is 0 Å². The van der Waals surface area contributed by atoms with Crippen LogP contribution < -0.4 is 10.6 Å². The van der Waals surface area contributed by atoms with Gasteiger partial charge in [-0.05, 0) is 35.9 Å². The molecule has 2 N–H and O–H groups in total. The lowest BCUT2D eigenvalue weighted by atomic mass is 9.78. The molecule has 1 aliphatic rings. The van der Waals surface area contributed by atoms with Crippen LogP contribution in [0.5, 0.6) is 0 Å². The molecule has 0 aromatic heterocycles. The highest BCUT2D eigenvalue weighted by Gasteiger charge is 2.36. The summed E-state index contributed by atoms with van der Waals surface area (Å²) in [4.78, 5) is 11.2. The van der Waals surface area contributed by atoms with Crippen molar-refractivity contribution in [2.45, 2.75) is 45.4 Å². The van der Waals surface area contributed by atoms with Crippen molar-refractivity contribution in [2.24, 2.45) is 5.41 Å². The first-order valence-electron chi connectivity index (χ1n) is 8.04. The molecule has 1 amide bonds. The monoisotopic (exact) mass is 331 g/mol. The number of amides is 1. The van der Waals surface area contributed by atoms with E-state index < -0.39 is 0 Å². The standard InChI is InChI=1S/C18H25N3OS/c1-5-23-16-9-17(18(3,4)11-20-12(2)22)21-15-7-6-13(10-19)8-14(15)16/h6-8,16-17,21H,5,9,11H2,1-4H3,(H,20,22). The Balaban J connectivity index is 2.26. The number of anilines is 1. The number of benzene rings is 1. The lowest BCUT2D eigenvalue weighted by Crippen LogP contribution is -2.46. The highest BCUT2D eigenvalue weighted by Crippen LogP contribution is 2.45. The van der Waals surface area contributed by atoms with Gasteiger partial charge < -0.3 is 10.6 Å². The van der Waals surface area contributed by atoms with Crippen LogP contribution in [0.1, 0.15) is 50.5 Å². The SMILES string of the molecule is CCSC1CC(C(C)(C)CNC(C)=O)Nc2ccc(C#N)cc21. The molecule has 0 spiro atoms. The van der Waals surface area contributed by atoms with Crippen molar-refractivity contribution in [1.82, 2.24) is 5.32 Å². The predicted molar refractivity (Wildman–Crippen MR) is 96.5 cm³/mol. The molecule has 124 valence electrons. The van der Waals surface area contributed by atoms with Gasteiger partial charge in [0.25, 0.3) is 0 Å². The lowest BCUT2D eigenvalue weighted by Gasteiger charge is -2.42. The Morgan fingerprint density at radius 1 is 1.52 bits per heavy atom. The van der Waals surface area contributed by atoms with E-state index in [0.717, 1.165) is 17.9 Å². The Morgan fingerprint density at radius 3 is 2.87 bits per heavy atom. The summed E-state index contributed by atoms with van der Waals surface area (Å²) >= 11 is 1.92. The number of carbonyl (C=O) groups is 1. The maximum atomic E-state index is 11.2. The second-order valence-corrected chi connectivity index (χ2v) is 8.17. The van der Waals surface area contributed by atoms with Crippen LogP contribution in [0.25, 0.3) is 0 Å². The Morgan fingerprint density at radius 2 is 2.26 bits per heavy atom. The van der Waals surface area contributed by atoms with Crippen molar-refractivity contribution < 1.29 is 4.79 Å². The summed E-state index contributed by atoms with van der Waals surface area (Å²) in [7, 11) is 0. The minimum atomic E-state index is -0.0518. The first-order valence-corrected chi connectivity index (χ1v) is 9.09. The van der Waals surface area contributed by atoms with E-state index in [4.69, 9.17) is 5.26 Å². The van der Waals surface area contributed by atoms with Crippen LogP contribution in [0.15, 0.2) is 18.2 Å². The molecule has 1 aromatic rings. The van der Waals surface area contributed by atoms with Crippen LogP contribution in [-0.4, -0.2) is 24.2 Å². The molecule has 0 aliphatic carbocycles. The summed E-state index contributed by atoms with van der Waals surface area (Å²) in [6.07, 6.45) is 0.993. The molecule has 1 heterocycles. The molecule has 1 aromatic carbocycles. The minimum Gasteiger partial charge on any atom is -0.381 e. The summed E-state index contributed by atoms with van der Waals surface area (Å²) in [5, 5.41) is 16.1. The maximum absolute atomic E-state index is 11.2. The van der Waals surface area contributed by atoms with Crippen molar-refractivity contribution in [1.29, 1.82) is 5.26 Å². The smallest absolute Gasteiger partial charge is 0.216 e. The fourth-order valence-electron chi connectivity index (χ4n) is 2.97. The summed E-state index contributed by atoms with van der Waals surface area (Å²) < 4.78 is 0.